The number of carbonyl (C=O) groups excluding carboxylic acids is 1. The lowest BCUT2D eigenvalue weighted by molar-refractivity contribution is -0.400. The number of esters is 1. The zero-order valence-corrected chi connectivity index (χ0v) is 56.1. The van der Waals surface area contributed by atoms with Gasteiger partial charge in [0.05, 0.1) is 65.0 Å². The summed E-state index contributed by atoms with van der Waals surface area (Å²) >= 11 is 0. The Morgan fingerprint density at radius 2 is 0.794 bits per heavy atom. The molecule has 4 heterocycles. The molecule has 4 fully saturated rings. The molecule has 8 aromatic rings. The van der Waals surface area contributed by atoms with Crippen molar-refractivity contribution in [1.82, 2.24) is 0 Å². The number of carbonyl (C=O) groups is 1. The van der Waals surface area contributed by atoms with Gasteiger partial charge in [0.25, 0.3) is 0 Å². The Kier molecular flexibility index (Phi) is 25.2. The molecule has 0 unspecified atom stereocenters. The standard InChI is InChI=1S/C79H88O17Si/c1-97(2,3)45-44-84-77-73(88-51-60-38-22-9-23-39-60)71(86-49-58-34-18-7-19-35-58)68(63(90-77)52-82-46-55-28-12-4-13-29-55)96-79-74(93-75(81)61-40-24-10-25-41-61)72(87-50-59-36-20-8-21-37-59)69(64(91-79)53-83-47-56-30-14-5-15-31-56)95-78-70(85-48-57-32-16-6-17-33-57)66(80)67-65(92-78)54-89-76(94-67)62-42-26-11-27-43-62/h4-43,63-74,76-80H,44-54H2,1-3H3/t63-,64-,65-,66+,67+,68-,69+,70-,71+,72+,73-,74-,76+,77-,78-,79+/m1/s1. The molecule has 0 aromatic heterocycles. The largest absolute Gasteiger partial charge is 0.450 e. The molecule has 0 aliphatic carbocycles. The first-order valence-electron chi connectivity index (χ1n) is 33.6. The third kappa shape index (κ3) is 19.6. The second-order valence-electron chi connectivity index (χ2n) is 26.0. The molecule has 0 radical (unpaired) electrons. The van der Waals surface area contributed by atoms with Crippen molar-refractivity contribution in [2.24, 2.45) is 0 Å². The molecule has 8 aromatic carbocycles. The predicted octanol–water partition coefficient (Wildman–Crippen LogP) is 12.8. The van der Waals surface area contributed by atoms with Crippen molar-refractivity contribution in [3.05, 3.63) is 287 Å². The third-order valence-electron chi connectivity index (χ3n) is 17.5. The van der Waals surface area contributed by atoms with Gasteiger partial charge in [-0.05, 0) is 51.6 Å². The Labute approximate surface area is 569 Å². The lowest BCUT2D eigenvalue weighted by atomic mass is 9.94. The molecule has 18 heteroatoms. The van der Waals surface area contributed by atoms with Crippen LogP contribution in [0.3, 0.4) is 0 Å². The molecule has 4 aliphatic heterocycles. The molecule has 0 saturated carbocycles. The van der Waals surface area contributed by atoms with E-state index in [-0.39, 0.29) is 65.0 Å². The van der Waals surface area contributed by atoms with Crippen molar-refractivity contribution < 1.29 is 81.0 Å². The molecule has 97 heavy (non-hydrogen) atoms. The Morgan fingerprint density at radius 3 is 1.25 bits per heavy atom. The highest BCUT2D eigenvalue weighted by Gasteiger charge is 2.58. The van der Waals surface area contributed by atoms with E-state index in [0.717, 1.165) is 45.0 Å². The van der Waals surface area contributed by atoms with Gasteiger partial charge in [0.1, 0.15) is 67.1 Å². The number of hydrogen-bond acceptors (Lipinski definition) is 17. The van der Waals surface area contributed by atoms with E-state index in [1.165, 1.54) is 0 Å². The van der Waals surface area contributed by atoms with Gasteiger partial charge in [-0.1, -0.05) is 250 Å². The molecule has 4 aliphatic rings. The monoisotopic (exact) mass is 1340 g/mol. The van der Waals surface area contributed by atoms with Crippen LogP contribution in [0.15, 0.2) is 243 Å². The Balaban J connectivity index is 0.966. The molecule has 12 rings (SSSR count). The molecule has 510 valence electrons. The second kappa shape index (κ2) is 35.1. The number of ether oxygens (including phenoxy) is 15. The summed E-state index contributed by atoms with van der Waals surface area (Å²) in [6.45, 7) is 7.99. The number of benzene rings is 8. The van der Waals surface area contributed by atoms with Crippen LogP contribution in [-0.2, 0) is 111 Å². The smallest absolute Gasteiger partial charge is 0.338 e. The number of hydrogen-bond donors (Lipinski definition) is 1. The van der Waals surface area contributed by atoms with E-state index in [1.807, 2.05) is 218 Å². The highest BCUT2D eigenvalue weighted by atomic mass is 28.3. The van der Waals surface area contributed by atoms with E-state index in [0.29, 0.717) is 6.61 Å². The van der Waals surface area contributed by atoms with Gasteiger partial charge in [-0.3, -0.25) is 0 Å². The lowest BCUT2D eigenvalue weighted by Crippen LogP contribution is -2.68. The first kappa shape index (κ1) is 69.7. The highest BCUT2D eigenvalue weighted by molar-refractivity contribution is 6.76. The third-order valence-corrected chi connectivity index (χ3v) is 19.2. The van der Waals surface area contributed by atoms with E-state index in [4.69, 9.17) is 71.1 Å². The zero-order chi connectivity index (χ0) is 66.6. The summed E-state index contributed by atoms with van der Waals surface area (Å²) in [6.07, 6.45) is -18.0. The van der Waals surface area contributed by atoms with Gasteiger partial charge < -0.3 is 76.2 Å². The quantitative estimate of drug-likeness (QED) is 0.0320. The van der Waals surface area contributed by atoms with Gasteiger partial charge in [-0.15, -0.1) is 0 Å². The maximum atomic E-state index is 15.2. The topological polar surface area (TPSA) is 176 Å². The van der Waals surface area contributed by atoms with Crippen LogP contribution in [0.25, 0.3) is 0 Å². The van der Waals surface area contributed by atoms with Crippen molar-refractivity contribution in [2.45, 2.75) is 164 Å². The van der Waals surface area contributed by atoms with E-state index in [2.05, 4.69) is 19.6 Å². The van der Waals surface area contributed by atoms with Crippen LogP contribution < -0.4 is 0 Å². The van der Waals surface area contributed by atoms with Gasteiger partial charge in [0.15, 0.2) is 31.3 Å². The van der Waals surface area contributed by atoms with Gasteiger partial charge in [-0.2, -0.15) is 0 Å². The number of aliphatic hydroxyl groups is 1. The molecule has 1 N–H and O–H groups in total. The Hall–Kier alpha value is -7.15. The fraction of sp³-hybridized carbons (Fsp3) is 0.380. The average molecular weight is 1340 g/mol. The summed E-state index contributed by atoms with van der Waals surface area (Å²) < 4.78 is 105. The summed E-state index contributed by atoms with van der Waals surface area (Å²) in [5.74, 6) is -0.700. The van der Waals surface area contributed by atoms with Crippen LogP contribution in [0, 0.1) is 0 Å². The maximum Gasteiger partial charge on any atom is 0.338 e. The molecule has 4 saturated heterocycles. The van der Waals surface area contributed by atoms with Crippen molar-refractivity contribution in [2.75, 3.05) is 26.4 Å². The molecular formula is C79H88O17Si. The minimum atomic E-state index is -1.65. The predicted molar refractivity (Wildman–Crippen MR) is 364 cm³/mol. The SMILES string of the molecule is C[Si](C)(C)CCO[C@@H]1O[C@H](COCc2ccccc2)[C@@H](O[C@@H]2O[C@H](COCc3ccccc3)[C@H](O[C@H]3O[C@@H]4CO[C@H](c5ccccc5)O[C@@H]4[C@H](O)[C@H]3OCc3ccccc3)[C@H](OCc3ccccc3)[C@H]2OC(=O)c2ccccc2)[C@H](OCc2ccccc2)[C@H]1OCc1ccccc1. The van der Waals surface area contributed by atoms with E-state index in [9.17, 15) is 5.11 Å². The Morgan fingerprint density at radius 1 is 0.412 bits per heavy atom. The second-order valence-corrected chi connectivity index (χ2v) is 31.6. The normalized spacial score (nSPS) is 27.3. The zero-order valence-electron chi connectivity index (χ0n) is 55.1. The molecular weight excluding hydrogens is 1250 g/mol. The fourth-order valence-electron chi connectivity index (χ4n) is 12.3. The van der Waals surface area contributed by atoms with Crippen molar-refractivity contribution in [3.63, 3.8) is 0 Å². The van der Waals surface area contributed by atoms with Crippen molar-refractivity contribution in [1.29, 1.82) is 0 Å². The molecule has 0 amide bonds. The van der Waals surface area contributed by atoms with Crippen LogP contribution in [0.4, 0.5) is 0 Å². The average Bonchev–Trinajstić information content (AvgIpc) is 0.775. The molecule has 0 spiro atoms. The Bertz CT molecular complexity index is 3550. The number of rotatable bonds is 31. The molecule has 16 atom stereocenters. The van der Waals surface area contributed by atoms with Gasteiger partial charge >= 0.3 is 5.97 Å². The van der Waals surface area contributed by atoms with Crippen molar-refractivity contribution in [3.8, 4) is 0 Å². The summed E-state index contributed by atoms with van der Waals surface area (Å²) in [5.41, 5.74) is 6.34. The summed E-state index contributed by atoms with van der Waals surface area (Å²) in [7, 11) is -1.65. The molecule has 17 nitrogen and oxygen atoms in total. The number of fused-ring (bicyclic) bond motifs is 1. The van der Waals surface area contributed by atoms with Crippen LogP contribution in [-0.4, -0.2) is 138 Å². The van der Waals surface area contributed by atoms with Gasteiger partial charge in [0.2, 0.25) is 0 Å². The van der Waals surface area contributed by atoms with E-state index in [1.54, 1.807) is 24.3 Å². The van der Waals surface area contributed by atoms with Crippen molar-refractivity contribution >= 4 is 14.0 Å². The summed E-state index contributed by atoms with van der Waals surface area (Å²) in [4.78, 5) is 15.2. The summed E-state index contributed by atoms with van der Waals surface area (Å²) in [6, 6.07) is 77.8. The molecule has 0 bridgehead atoms. The first-order chi connectivity index (χ1) is 47.5. The van der Waals surface area contributed by atoms with Crippen LogP contribution in [0.2, 0.25) is 25.7 Å². The lowest BCUT2D eigenvalue weighted by Gasteiger charge is -2.52. The van der Waals surface area contributed by atoms with Crippen LogP contribution in [0.5, 0.6) is 0 Å². The minimum Gasteiger partial charge on any atom is -0.450 e. The maximum absolute atomic E-state index is 15.2. The van der Waals surface area contributed by atoms with Gasteiger partial charge in [-0.25, -0.2) is 4.79 Å². The van der Waals surface area contributed by atoms with E-state index < -0.39 is 112 Å². The van der Waals surface area contributed by atoms with E-state index >= 15 is 4.79 Å². The summed E-state index contributed by atoms with van der Waals surface area (Å²) in [5, 5.41) is 12.8. The first-order valence-corrected chi connectivity index (χ1v) is 37.3. The van der Waals surface area contributed by atoms with Gasteiger partial charge in [0, 0.05) is 20.2 Å². The van der Waals surface area contributed by atoms with Crippen LogP contribution in [0.1, 0.15) is 55.6 Å². The highest BCUT2D eigenvalue weighted by Crippen LogP contribution is 2.41. The number of aliphatic hydroxyl groups excluding tert-OH is 1. The minimum absolute atomic E-state index is 0.00154. The van der Waals surface area contributed by atoms with Crippen LogP contribution >= 0.6 is 0 Å². The fourth-order valence-corrected chi connectivity index (χ4v) is 13.0.